The first-order valence-electron chi connectivity index (χ1n) is 4.98. The van der Waals surface area contributed by atoms with Crippen molar-refractivity contribution >= 4 is 11.6 Å². The van der Waals surface area contributed by atoms with Crippen LogP contribution in [-0.4, -0.2) is 0 Å². The minimum absolute atomic E-state index is 0.269. The molecule has 0 bridgehead atoms. The molecule has 0 heterocycles. The third-order valence-electron chi connectivity index (χ3n) is 1.93. The minimum Gasteiger partial charge on any atom is -0.205 e. The lowest BCUT2D eigenvalue weighted by molar-refractivity contribution is 0.614. The van der Waals surface area contributed by atoms with Gasteiger partial charge in [-0.2, -0.15) is 0 Å². The predicted octanol–water partition coefficient (Wildman–Crippen LogP) is 4.94. The van der Waals surface area contributed by atoms with Gasteiger partial charge in [-0.1, -0.05) is 51.4 Å². The maximum atomic E-state index is 13.2. The number of benzene rings is 1. The van der Waals surface area contributed by atoms with Crippen LogP contribution in [0.1, 0.15) is 44.7 Å². The average molecular weight is 217 g/mol. The molecule has 0 saturated heterocycles. The molecule has 0 aliphatic carbocycles. The van der Waals surface area contributed by atoms with Crippen LogP contribution in [0, 0.1) is 12.7 Å². The van der Waals surface area contributed by atoms with E-state index in [1.54, 1.807) is 13.0 Å². The normalized spacial score (nSPS) is 9.71. The third-order valence-corrected chi connectivity index (χ3v) is 2.31. The minimum atomic E-state index is -0.289. The zero-order valence-corrected chi connectivity index (χ0v) is 10.2. The maximum Gasteiger partial charge on any atom is 0.144 e. The number of hydrogen-bond acceptors (Lipinski definition) is 0. The zero-order valence-electron chi connectivity index (χ0n) is 9.49. The van der Waals surface area contributed by atoms with Crippen molar-refractivity contribution in [1.29, 1.82) is 0 Å². The quantitative estimate of drug-likeness (QED) is 0.624. The van der Waals surface area contributed by atoms with Crippen LogP contribution in [0.2, 0.25) is 5.02 Å². The molecule has 0 saturated carbocycles. The van der Waals surface area contributed by atoms with Crippen LogP contribution in [0.5, 0.6) is 0 Å². The van der Waals surface area contributed by atoms with Crippen molar-refractivity contribution in [2.45, 2.75) is 40.5 Å². The van der Waals surface area contributed by atoms with Gasteiger partial charge >= 0.3 is 0 Å². The van der Waals surface area contributed by atoms with Gasteiger partial charge in [-0.15, -0.1) is 0 Å². The smallest absolute Gasteiger partial charge is 0.144 e. The Morgan fingerprint density at radius 2 is 1.71 bits per heavy atom. The summed E-state index contributed by atoms with van der Waals surface area (Å²) in [5.74, 6) is -0.0181. The molecule has 0 nitrogen and oxygen atoms in total. The number of hydrogen-bond donors (Lipinski definition) is 0. The van der Waals surface area contributed by atoms with E-state index in [0.717, 1.165) is 5.56 Å². The van der Waals surface area contributed by atoms with Gasteiger partial charge in [-0.3, -0.25) is 0 Å². The molecule has 0 aliphatic heterocycles. The van der Waals surface area contributed by atoms with E-state index < -0.39 is 0 Å². The molecule has 2 heteroatoms. The van der Waals surface area contributed by atoms with E-state index in [2.05, 4.69) is 0 Å². The Morgan fingerprint density at radius 1 is 1.21 bits per heavy atom. The molecule has 1 aromatic rings. The van der Waals surface area contributed by atoms with E-state index in [4.69, 9.17) is 11.6 Å². The number of rotatable bonds is 1. The molecule has 0 N–H and O–H groups in total. The van der Waals surface area contributed by atoms with Crippen LogP contribution in [0.15, 0.2) is 12.1 Å². The maximum absolute atomic E-state index is 13.2. The summed E-state index contributed by atoms with van der Waals surface area (Å²) in [6.07, 6.45) is 0. The van der Waals surface area contributed by atoms with Gasteiger partial charge in [0.05, 0.1) is 5.02 Å². The van der Waals surface area contributed by atoms with Gasteiger partial charge in [0, 0.05) is 0 Å². The monoisotopic (exact) mass is 216 g/mol. The van der Waals surface area contributed by atoms with Crippen LogP contribution < -0.4 is 0 Å². The lowest BCUT2D eigenvalue weighted by Gasteiger charge is -2.09. The summed E-state index contributed by atoms with van der Waals surface area (Å²) in [4.78, 5) is 0. The Morgan fingerprint density at radius 3 is 2.14 bits per heavy atom. The first-order chi connectivity index (χ1) is 6.54. The fourth-order valence-corrected chi connectivity index (χ4v) is 1.54. The molecule has 0 atom stereocenters. The summed E-state index contributed by atoms with van der Waals surface area (Å²) < 4.78 is 13.2. The van der Waals surface area contributed by atoms with E-state index >= 15 is 0 Å². The lowest BCUT2D eigenvalue weighted by atomic mass is 10.0. The summed E-state index contributed by atoms with van der Waals surface area (Å²) in [7, 11) is 0. The van der Waals surface area contributed by atoms with E-state index in [9.17, 15) is 4.39 Å². The second-order valence-corrected chi connectivity index (χ2v) is 3.63. The molecule has 0 radical (unpaired) electrons. The van der Waals surface area contributed by atoms with Crippen molar-refractivity contribution in [3.8, 4) is 0 Å². The molecule has 0 spiro atoms. The van der Waals surface area contributed by atoms with Crippen LogP contribution in [0.25, 0.3) is 0 Å². The van der Waals surface area contributed by atoms with Gasteiger partial charge in [0.15, 0.2) is 0 Å². The average Bonchev–Trinajstić information content (AvgIpc) is 2.17. The Balaban J connectivity index is 0.000000791. The van der Waals surface area contributed by atoms with Gasteiger partial charge in [-0.05, 0) is 24.0 Å². The highest BCUT2D eigenvalue weighted by Crippen LogP contribution is 2.28. The van der Waals surface area contributed by atoms with Gasteiger partial charge in [0.1, 0.15) is 5.82 Å². The number of halogens is 2. The van der Waals surface area contributed by atoms with Crippen LogP contribution in [0.4, 0.5) is 4.39 Å². The summed E-state index contributed by atoms with van der Waals surface area (Å²) >= 11 is 5.82. The molecule has 0 aliphatic rings. The van der Waals surface area contributed by atoms with Gasteiger partial charge in [0.2, 0.25) is 0 Å². The molecule has 0 fully saturated rings. The van der Waals surface area contributed by atoms with E-state index in [-0.39, 0.29) is 16.8 Å². The highest BCUT2D eigenvalue weighted by molar-refractivity contribution is 6.31. The largest absolute Gasteiger partial charge is 0.205 e. The summed E-state index contributed by atoms with van der Waals surface area (Å²) in [5.41, 5.74) is 1.48. The Hall–Kier alpha value is -0.560. The second kappa shape index (κ2) is 6.02. The fourth-order valence-electron chi connectivity index (χ4n) is 1.11. The number of aryl methyl sites for hydroxylation is 1. The van der Waals surface area contributed by atoms with Crippen LogP contribution in [-0.2, 0) is 0 Å². The molecule has 0 unspecified atom stereocenters. The molecule has 1 rings (SSSR count). The van der Waals surface area contributed by atoms with E-state index in [0.29, 0.717) is 5.56 Å². The highest BCUT2D eigenvalue weighted by Gasteiger charge is 2.10. The van der Waals surface area contributed by atoms with Crippen molar-refractivity contribution < 1.29 is 4.39 Å². The van der Waals surface area contributed by atoms with Crippen molar-refractivity contribution in [1.82, 2.24) is 0 Å². The molecule has 80 valence electrons. The van der Waals surface area contributed by atoms with Crippen LogP contribution in [0.3, 0.4) is 0 Å². The van der Waals surface area contributed by atoms with Crippen LogP contribution >= 0.6 is 11.6 Å². The third kappa shape index (κ3) is 2.98. The van der Waals surface area contributed by atoms with Gasteiger partial charge < -0.3 is 0 Å². The molecular formula is C12H18ClF. The fraction of sp³-hybridized carbons (Fsp3) is 0.500. The summed E-state index contributed by atoms with van der Waals surface area (Å²) in [6.45, 7) is 9.71. The Labute approximate surface area is 91.1 Å². The van der Waals surface area contributed by atoms with Gasteiger partial charge in [0.25, 0.3) is 0 Å². The topological polar surface area (TPSA) is 0 Å². The zero-order chi connectivity index (χ0) is 11.3. The highest BCUT2D eigenvalue weighted by atomic mass is 35.5. The van der Waals surface area contributed by atoms with Crippen molar-refractivity contribution in [2.75, 3.05) is 0 Å². The Bertz CT molecular complexity index is 293. The SMILES string of the molecule is CC.Cc1ccc(C(C)C)c(Cl)c1F. The molecule has 0 amide bonds. The summed E-state index contributed by atoms with van der Waals surface area (Å²) in [6, 6.07) is 3.64. The van der Waals surface area contributed by atoms with Gasteiger partial charge in [-0.25, -0.2) is 4.39 Å². The molecule has 1 aromatic carbocycles. The Kier molecular flexibility index (Phi) is 5.78. The predicted molar refractivity (Wildman–Crippen MR) is 61.6 cm³/mol. The second-order valence-electron chi connectivity index (χ2n) is 3.25. The van der Waals surface area contributed by atoms with Crippen molar-refractivity contribution in [2.24, 2.45) is 0 Å². The molecular weight excluding hydrogens is 199 g/mol. The van der Waals surface area contributed by atoms with E-state index in [1.165, 1.54) is 0 Å². The first kappa shape index (κ1) is 13.4. The van der Waals surface area contributed by atoms with E-state index in [1.807, 2.05) is 33.8 Å². The first-order valence-corrected chi connectivity index (χ1v) is 5.36. The van der Waals surface area contributed by atoms with Crippen molar-refractivity contribution in [3.63, 3.8) is 0 Å². The van der Waals surface area contributed by atoms with Crippen molar-refractivity contribution in [3.05, 3.63) is 34.1 Å². The molecule has 14 heavy (non-hydrogen) atoms. The molecule has 0 aromatic heterocycles. The lowest BCUT2D eigenvalue weighted by Crippen LogP contribution is -1.93. The standard InChI is InChI=1S/C10H12ClF.C2H6/c1-6(2)8-5-4-7(3)10(12)9(8)11;1-2/h4-6H,1-3H3;1-2H3. The summed E-state index contributed by atoms with van der Waals surface area (Å²) in [5, 5.41) is 0.269.